The molecule has 2 rings (SSSR count). The fraction of sp³-hybridized carbons (Fsp3) is 0.286. The van der Waals surface area contributed by atoms with Crippen molar-refractivity contribution in [1.82, 2.24) is 9.55 Å². The zero-order valence-corrected chi connectivity index (χ0v) is 12.0. The van der Waals surface area contributed by atoms with E-state index >= 15 is 0 Å². The van der Waals surface area contributed by atoms with Crippen LogP contribution in [0.4, 0.5) is 0 Å². The van der Waals surface area contributed by atoms with Gasteiger partial charge in [-0.2, -0.15) is 0 Å². The van der Waals surface area contributed by atoms with E-state index in [-0.39, 0.29) is 10.8 Å². The number of nitrogens with zero attached hydrogens (tertiary/aromatic N) is 2. The fourth-order valence-corrected chi connectivity index (χ4v) is 3.29. The van der Waals surface area contributed by atoms with Gasteiger partial charge in [0.25, 0.3) is 5.56 Å². The Morgan fingerprint density at radius 3 is 2.55 bits per heavy atom. The largest absolute Gasteiger partial charge is 0.312 e. The maximum absolute atomic E-state index is 12.3. The molecule has 0 bridgehead atoms. The number of benzene rings is 1. The van der Waals surface area contributed by atoms with Gasteiger partial charge >= 0.3 is 0 Å². The van der Waals surface area contributed by atoms with Gasteiger partial charge in [-0.3, -0.25) is 4.79 Å². The van der Waals surface area contributed by atoms with E-state index in [1.54, 1.807) is 24.3 Å². The molecule has 106 valence electrons. The Bertz CT molecular complexity index is 737. The van der Waals surface area contributed by atoms with E-state index in [1.807, 2.05) is 13.0 Å². The van der Waals surface area contributed by atoms with Crippen LogP contribution in [0.5, 0.6) is 0 Å². The Kier molecular flexibility index (Phi) is 4.34. The van der Waals surface area contributed by atoms with Crippen LogP contribution >= 0.6 is 0 Å². The third kappa shape index (κ3) is 3.14. The predicted octanol–water partition coefficient (Wildman–Crippen LogP) is 1.63. The van der Waals surface area contributed by atoms with Crippen molar-refractivity contribution in [1.29, 1.82) is 0 Å². The summed E-state index contributed by atoms with van der Waals surface area (Å²) in [6, 6.07) is 8.76. The summed E-state index contributed by atoms with van der Waals surface area (Å²) in [6.07, 6.45) is 3.62. The van der Waals surface area contributed by atoms with Gasteiger partial charge in [0.15, 0.2) is 0 Å². The maximum atomic E-state index is 12.3. The van der Waals surface area contributed by atoms with Crippen LogP contribution in [0.3, 0.4) is 0 Å². The minimum atomic E-state index is -3.73. The first-order chi connectivity index (χ1) is 9.54. The lowest BCUT2D eigenvalue weighted by molar-refractivity contribution is 0.578. The van der Waals surface area contributed by atoms with Crippen molar-refractivity contribution in [3.63, 3.8) is 0 Å². The summed E-state index contributed by atoms with van der Waals surface area (Å²) in [6.45, 7) is 2.40. The summed E-state index contributed by atoms with van der Waals surface area (Å²) < 4.78 is 26.0. The van der Waals surface area contributed by atoms with Crippen LogP contribution in [0.1, 0.15) is 18.9 Å². The maximum Gasteiger partial charge on any atom is 0.288 e. The van der Waals surface area contributed by atoms with E-state index in [0.717, 1.165) is 6.42 Å². The molecule has 0 saturated carbocycles. The highest BCUT2D eigenvalue weighted by atomic mass is 32.2. The van der Waals surface area contributed by atoms with E-state index in [1.165, 1.54) is 17.0 Å². The van der Waals surface area contributed by atoms with Crippen LogP contribution in [0.25, 0.3) is 0 Å². The predicted molar refractivity (Wildman–Crippen MR) is 76.1 cm³/mol. The highest BCUT2D eigenvalue weighted by Gasteiger charge is 2.21. The SMILES string of the molecule is CCCn1ccnc(S(=O)(=O)Cc2ccccc2)c1=O. The van der Waals surface area contributed by atoms with Gasteiger partial charge in [-0.25, -0.2) is 13.4 Å². The molecule has 0 aliphatic rings. The molecule has 2 aromatic rings. The monoisotopic (exact) mass is 292 g/mol. The molecule has 0 unspecified atom stereocenters. The fourth-order valence-electron chi connectivity index (χ4n) is 1.92. The van der Waals surface area contributed by atoms with Gasteiger partial charge in [0, 0.05) is 18.9 Å². The first-order valence-electron chi connectivity index (χ1n) is 6.36. The van der Waals surface area contributed by atoms with E-state index in [0.29, 0.717) is 12.1 Å². The molecule has 1 aromatic heterocycles. The Labute approximate surface area is 117 Å². The molecule has 0 amide bonds. The molecule has 0 spiro atoms. The standard InChI is InChI=1S/C14H16N2O3S/c1-2-9-16-10-8-15-13(14(16)17)20(18,19)11-12-6-4-3-5-7-12/h3-8,10H,2,9,11H2,1H3. The molecule has 6 heteroatoms. The second kappa shape index (κ2) is 6.00. The van der Waals surface area contributed by atoms with Crippen molar-refractivity contribution >= 4 is 9.84 Å². The zero-order chi connectivity index (χ0) is 14.6. The molecule has 0 N–H and O–H groups in total. The van der Waals surface area contributed by atoms with Crippen molar-refractivity contribution in [3.05, 3.63) is 58.6 Å². The molecule has 0 aliphatic heterocycles. The van der Waals surface area contributed by atoms with Crippen molar-refractivity contribution in [2.24, 2.45) is 0 Å². The quantitative estimate of drug-likeness (QED) is 0.840. The molecule has 0 radical (unpaired) electrons. The molecule has 0 atom stereocenters. The highest BCUT2D eigenvalue weighted by molar-refractivity contribution is 7.90. The highest BCUT2D eigenvalue weighted by Crippen LogP contribution is 2.11. The molecule has 1 aromatic carbocycles. The first kappa shape index (κ1) is 14.5. The molecule has 20 heavy (non-hydrogen) atoms. The molecular formula is C14H16N2O3S. The lowest BCUT2D eigenvalue weighted by Crippen LogP contribution is -2.27. The normalized spacial score (nSPS) is 11.4. The van der Waals surface area contributed by atoms with Crippen LogP contribution in [-0.2, 0) is 22.1 Å². The second-order valence-corrected chi connectivity index (χ2v) is 6.38. The number of hydrogen-bond donors (Lipinski definition) is 0. The smallest absolute Gasteiger partial charge is 0.288 e. The van der Waals surface area contributed by atoms with E-state index in [9.17, 15) is 13.2 Å². The third-order valence-corrected chi connectivity index (χ3v) is 4.42. The van der Waals surface area contributed by atoms with E-state index < -0.39 is 15.4 Å². The van der Waals surface area contributed by atoms with Crippen LogP contribution in [0.15, 0.2) is 52.5 Å². The van der Waals surface area contributed by atoms with Crippen molar-refractivity contribution in [2.45, 2.75) is 30.7 Å². The summed E-state index contributed by atoms with van der Waals surface area (Å²) in [5, 5.41) is -0.377. The van der Waals surface area contributed by atoms with Gasteiger partial charge in [0.05, 0.1) is 5.75 Å². The average molecular weight is 292 g/mol. The van der Waals surface area contributed by atoms with Crippen molar-refractivity contribution < 1.29 is 8.42 Å². The number of aryl methyl sites for hydroxylation is 1. The lowest BCUT2D eigenvalue weighted by Gasteiger charge is -2.07. The third-order valence-electron chi connectivity index (χ3n) is 2.84. The number of hydrogen-bond acceptors (Lipinski definition) is 4. The molecular weight excluding hydrogens is 276 g/mol. The first-order valence-corrected chi connectivity index (χ1v) is 8.02. The Balaban J connectivity index is 2.40. The van der Waals surface area contributed by atoms with Gasteiger partial charge in [-0.15, -0.1) is 0 Å². The summed E-state index contributed by atoms with van der Waals surface area (Å²) >= 11 is 0. The summed E-state index contributed by atoms with van der Waals surface area (Å²) in [7, 11) is -3.73. The van der Waals surface area contributed by atoms with Crippen LogP contribution in [0, 0.1) is 0 Å². The lowest BCUT2D eigenvalue weighted by atomic mass is 10.2. The Morgan fingerprint density at radius 2 is 1.90 bits per heavy atom. The number of aromatic nitrogens is 2. The van der Waals surface area contributed by atoms with Crippen molar-refractivity contribution in [3.8, 4) is 0 Å². The van der Waals surface area contributed by atoms with Crippen molar-refractivity contribution in [2.75, 3.05) is 0 Å². The van der Waals surface area contributed by atoms with Crippen LogP contribution in [0.2, 0.25) is 0 Å². The average Bonchev–Trinajstić information content (AvgIpc) is 2.42. The van der Waals surface area contributed by atoms with Gasteiger partial charge in [-0.05, 0) is 12.0 Å². The van der Waals surface area contributed by atoms with E-state index in [2.05, 4.69) is 4.98 Å². The van der Waals surface area contributed by atoms with Gasteiger partial charge in [0.2, 0.25) is 14.9 Å². The minimum Gasteiger partial charge on any atom is -0.312 e. The summed E-state index contributed by atoms with van der Waals surface area (Å²) in [5.41, 5.74) is 0.0878. The number of rotatable bonds is 5. The Hall–Kier alpha value is -1.95. The van der Waals surface area contributed by atoms with Crippen LogP contribution < -0.4 is 5.56 Å². The molecule has 5 nitrogen and oxygen atoms in total. The van der Waals surface area contributed by atoms with Crippen LogP contribution in [-0.4, -0.2) is 18.0 Å². The summed E-state index contributed by atoms with van der Waals surface area (Å²) in [4.78, 5) is 15.9. The summed E-state index contributed by atoms with van der Waals surface area (Å²) in [5.74, 6) is -0.216. The molecule has 0 fully saturated rings. The minimum absolute atomic E-state index is 0.216. The van der Waals surface area contributed by atoms with Gasteiger partial charge < -0.3 is 4.57 Å². The van der Waals surface area contributed by atoms with E-state index in [4.69, 9.17) is 0 Å². The zero-order valence-electron chi connectivity index (χ0n) is 11.2. The molecule has 0 aliphatic carbocycles. The Morgan fingerprint density at radius 1 is 1.20 bits per heavy atom. The van der Waals surface area contributed by atoms with Gasteiger partial charge in [0.1, 0.15) is 0 Å². The molecule has 1 heterocycles. The topological polar surface area (TPSA) is 69.0 Å². The molecule has 0 saturated heterocycles. The number of sulfone groups is 1. The van der Waals surface area contributed by atoms with Gasteiger partial charge in [-0.1, -0.05) is 37.3 Å². The second-order valence-electron chi connectivity index (χ2n) is 4.48.